The molecule has 1 amide bonds. The van der Waals surface area contributed by atoms with E-state index in [4.69, 9.17) is 0 Å². The van der Waals surface area contributed by atoms with Crippen molar-refractivity contribution in [1.29, 1.82) is 0 Å². The average Bonchev–Trinajstić information content (AvgIpc) is 2.52. The Labute approximate surface area is 130 Å². The van der Waals surface area contributed by atoms with Gasteiger partial charge in [-0.2, -0.15) is 0 Å². The Morgan fingerprint density at radius 3 is 2.81 bits per heavy atom. The molecule has 21 heavy (non-hydrogen) atoms. The number of piperidine rings is 2. The number of rotatable bonds is 7. The van der Waals surface area contributed by atoms with Crippen molar-refractivity contribution in [2.24, 2.45) is 11.8 Å². The van der Waals surface area contributed by atoms with Crippen LogP contribution >= 0.6 is 0 Å². The van der Waals surface area contributed by atoms with Gasteiger partial charge in [0, 0.05) is 13.0 Å². The van der Waals surface area contributed by atoms with Gasteiger partial charge in [0.1, 0.15) is 0 Å². The number of nitrogens with zero attached hydrogens (tertiary/aromatic N) is 1. The molecule has 0 aromatic heterocycles. The summed E-state index contributed by atoms with van der Waals surface area (Å²) in [5, 5.41) is 6.50. The standard InChI is InChI=1S/C17H33N3O/c1-15-7-12-20(13-8-15)11-3-10-19-17(21)6-5-16-4-2-9-18-14-16/h15-16,18H,2-14H2,1H3,(H,19,21). The number of hydrogen-bond donors (Lipinski definition) is 2. The summed E-state index contributed by atoms with van der Waals surface area (Å²) in [5.74, 6) is 1.85. The minimum atomic E-state index is 0.243. The first-order valence-corrected chi connectivity index (χ1v) is 8.94. The molecule has 2 saturated heterocycles. The van der Waals surface area contributed by atoms with Gasteiger partial charge in [0.2, 0.25) is 5.91 Å². The van der Waals surface area contributed by atoms with Gasteiger partial charge in [0.05, 0.1) is 0 Å². The van der Waals surface area contributed by atoms with Crippen molar-refractivity contribution in [3.63, 3.8) is 0 Å². The second-order valence-corrected chi connectivity index (χ2v) is 6.98. The maximum Gasteiger partial charge on any atom is 0.220 e. The van der Waals surface area contributed by atoms with Crippen molar-refractivity contribution in [2.75, 3.05) is 39.3 Å². The first-order chi connectivity index (χ1) is 10.2. The molecule has 2 N–H and O–H groups in total. The molecule has 0 aliphatic carbocycles. The molecule has 1 unspecified atom stereocenters. The third kappa shape index (κ3) is 6.79. The monoisotopic (exact) mass is 295 g/mol. The lowest BCUT2D eigenvalue weighted by Gasteiger charge is -2.30. The SMILES string of the molecule is CC1CCN(CCCNC(=O)CCC2CCCNC2)CC1. The molecule has 0 bridgehead atoms. The van der Waals surface area contributed by atoms with Crippen LogP contribution in [0.5, 0.6) is 0 Å². The summed E-state index contributed by atoms with van der Waals surface area (Å²) < 4.78 is 0. The van der Waals surface area contributed by atoms with Gasteiger partial charge in [-0.15, -0.1) is 0 Å². The second kappa shape index (κ2) is 9.42. The zero-order valence-electron chi connectivity index (χ0n) is 13.7. The second-order valence-electron chi connectivity index (χ2n) is 6.98. The van der Waals surface area contributed by atoms with Crippen LogP contribution in [0.3, 0.4) is 0 Å². The number of likely N-dealkylation sites (tertiary alicyclic amines) is 1. The van der Waals surface area contributed by atoms with Gasteiger partial charge < -0.3 is 15.5 Å². The molecule has 4 heteroatoms. The summed E-state index contributed by atoms with van der Waals surface area (Å²) in [6, 6.07) is 0. The fourth-order valence-electron chi connectivity index (χ4n) is 3.41. The van der Waals surface area contributed by atoms with Crippen molar-refractivity contribution < 1.29 is 4.79 Å². The first kappa shape index (κ1) is 16.8. The third-order valence-electron chi connectivity index (χ3n) is 5.03. The number of amides is 1. The van der Waals surface area contributed by atoms with Crippen LogP contribution in [-0.2, 0) is 4.79 Å². The molecule has 0 saturated carbocycles. The predicted molar refractivity (Wildman–Crippen MR) is 87.3 cm³/mol. The highest BCUT2D eigenvalue weighted by molar-refractivity contribution is 5.75. The predicted octanol–water partition coefficient (Wildman–Crippen LogP) is 2.00. The minimum Gasteiger partial charge on any atom is -0.356 e. The summed E-state index contributed by atoms with van der Waals surface area (Å²) in [7, 11) is 0. The normalized spacial score (nSPS) is 24.9. The number of carbonyl (C=O) groups excluding carboxylic acids is 1. The van der Waals surface area contributed by atoms with E-state index in [1.54, 1.807) is 0 Å². The molecule has 0 aromatic rings. The van der Waals surface area contributed by atoms with Crippen molar-refractivity contribution in [2.45, 2.75) is 51.9 Å². The van der Waals surface area contributed by atoms with Gasteiger partial charge in [-0.3, -0.25) is 4.79 Å². The number of hydrogen-bond acceptors (Lipinski definition) is 3. The van der Waals surface area contributed by atoms with Crippen LogP contribution in [-0.4, -0.2) is 50.1 Å². The van der Waals surface area contributed by atoms with Gasteiger partial charge in [-0.05, 0) is 83.1 Å². The highest BCUT2D eigenvalue weighted by Gasteiger charge is 2.16. The van der Waals surface area contributed by atoms with Crippen LogP contribution in [0, 0.1) is 11.8 Å². The van der Waals surface area contributed by atoms with E-state index < -0.39 is 0 Å². The number of carbonyl (C=O) groups is 1. The molecule has 2 heterocycles. The highest BCUT2D eigenvalue weighted by Crippen LogP contribution is 2.16. The minimum absolute atomic E-state index is 0.243. The summed E-state index contributed by atoms with van der Waals surface area (Å²) >= 11 is 0. The Balaban J connectivity index is 1.45. The first-order valence-electron chi connectivity index (χ1n) is 8.94. The Hall–Kier alpha value is -0.610. The van der Waals surface area contributed by atoms with E-state index in [2.05, 4.69) is 22.5 Å². The lowest BCUT2D eigenvalue weighted by Crippen LogP contribution is -2.35. The Kier molecular flexibility index (Phi) is 7.51. The molecule has 0 radical (unpaired) electrons. The zero-order valence-corrected chi connectivity index (χ0v) is 13.7. The molecule has 2 aliphatic rings. The maximum absolute atomic E-state index is 11.8. The van der Waals surface area contributed by atoms with E-state index in [9.17, 15) is 4.79 Å². The van der Waals surface area contributed by atoms with E-state index in [-0.39, 0.29) is 5.91 Å². The lowest BCUT2D eigenvalue weighted by molar-refractivity contribution is -0.121. The highest BCUT2D eigenvalue weighted by atomic mass is 16.1. The molecular weight excluding hydrogens is 262 g/mol. The third-order valence-corrected chi connectivity index (χ3v) is 5.03. The molecule has 2 rings (SSSR count). The fourth-order valence-corrected chi connectivity index (χ4v) is 3.41. The van der Waals surface area contributed by atoms with Crippen LogP contribution < -0.4 is 10.6 Å². The van der Waals surface area contributed by atoms with E-state index in [1.807, 2.05) is 0 Å². The smallest absolute Gasteiger partial charge is 0.220 e. The van der Waals surface area contributed by atoms with Crippen LogP contribution in [0.15, 0.2) is 0 Å². The zero-order chi connectivity index (χ0) is 14.9. The van der Waals surface area contributed by atoms with Crippen molar-refractivity contribution in [3.8, 4) is 0 Å². The summed E-state index contributed by atoms with van der Waals surface area (Å²) in [6.07, 6.45) is 8.06. The molecule has 2 fully saturated rings. The van der Waals surface area contributed by atoms with Crippen molar-refractivity contribution in [1.82, 2.24) is 15.5 Å². The van der Waals surface area contributed by atoms with Gasteiger partial charge >= 0.3 is 0 Å². The molecule has 1 atom stereocenters. The van der Waals surface area contributed by atoms with Gasteiger partial charge in [0.25, 0.3) is 0 Å². The van der Waals surface area contributed by atoms with Gasteiger partial charge in [-0.1, -0.05) is 6.92 Å². The van der Waals surface area contributed by atoms with E-state index in [0.29, 0.717) is 12.3 Å². The summed E-state index contributed by atoms with van der Waals surface area (Å²) in [5.41, 5.74) is 0. The molecule has 122 valence electrons. The van der Waals surface area contributed by atoms with Crippen LogP contribution in [0.4, 0.5) is 0 Å². The molecular formula is C17H33N3O. The number of nitrogens with one attached hydrogen (secondary N) is 2. The Morgan fingerprint density at radius 1 is 1.29 bits per heavy atom. The van der Waals surface area contributed by atoms with Crippen molar-refractivity contribution >= 4 is 5.91 Å². The summed E-state index contributed by atoms with van der Waals surface area (Å²) in [6.45, 7) is 9.05. The molecule has 4 nitrogen and oxygen atoms in total. The average molecular weight is 295 g/mol. The molecule has 0 aromatic carbocycles. The van der Waals surface area contributed by atoms with E-state index >= 15 is 0 Å². The van der Waals surface area contributed by atoms with Crippen LogP contribution in [0.2, 0.25) is 0 Å². The maximum atomic E-state index is 11.8. The summed E-state index contributed by atoms with van der Waals surface area (Å²) in [4.78, 5) is 14.4. The van der Waals surface area contributed by atoms with E-state index in [0.717, 1.165) is 44.9 Å². The molecule has 0 spiro atoms. The quantitative estimate of drug-likeness (QED) is 0.706. The van der Waals surface area contributed by atoms with E-state index in [1.165, 1.54) is 38.8 Å². The Morgan fingerprint density at radius 2 is 2.10 bits per heavy atom. The van der Waals surface area contributed by atoms with Crippen LogP contribution in [0.1, 0.15) is 51.9 Å². The fraction of sp³-hybridized carbons (Fsp3) is 0.941. The molecule has 2 aliphatic heterocycles. The topological polar surface area (TPSA) is 44.4 Å². The van der Waals surface area contributed by atoms with Gasteiger partial charge in [-0.25, -0.2) is 0 Å². The van der Waals surface area contributed by atoms with Crippen molar-refractivity contribution in [3.05, 3.63) is 0 Å². The largest absolute Gasteiger partial charge is 0.356 e. The lowest BCUT2D eigenvalue weighted by atomic mass is 9.94. The Bertz CT molecular complexity index is 294. The van der Waals surface area contributed by atoms with Gasteiger partial charge in [0.15, 0.2) is 0 Å². The van der Waals surface area contributed by atoms with Crippen LogP contribution in [0.25, 0.3) is 0 Å².